The molecule has 0 spiro atoms. The molecule has 6 nitrogen and oxygen atoms in total. The molecule has 7 heteroatoms. The van der Waals surface area contributed by atoms with E-state index in [2.05, 4.69) is 10.3 Å². The van der Waals surface area contributed by atoms with Gasteiger partial charge in [-0.1, -0.05) is 0 Å². The second kappa shape index (κ2) is 6.12. The molecule has 1 fully saturated rings. The normalized spacial score (nSPS) is 22.4. The van der Waals surface area contributed by atoms with Crippen LogP contribution in [0.3, 0.4) is 0 Å². The molecular weight excluding hydrogens is 266 g/mol. The van der Waals surface area contributed by atoms with Crippen molar-refractivity contribution in [3.63, 3.8) is 0 Å². The lowest BCUT2D eigenvalue weighted by Crippen LogP contribution is -2.33. The van der Waals surface area contributed by atoms with Crippen molar-refractivity contribution >= 4 is 23.2 Å². The Hall–Kier alpha value is -1.47. The number of carboxylic acids is 1. The van der Waals surface area contributed by atoms with E-state index in [1.807, 2.05) is 0 Å². The Labute approximate surface area is 115 Å². The number of hydrogen-bond donors (Lipinski definition) is 3. The maximum atomic E-state index is 11.9. The molecular formula is C12H17N3O3S. The van der Waals surface area contributed by atoms with Crippen LogP contribution in [0, 0.1) is 5.92 Å². The van der Waals surface area contributed by atoms with Crippen LogP contribution in [0.4, 0.5) is 0 Å². The Bertz CT molecular complexity index is 475. The SMILES string of the molecule is NCCc1nc(C(=O)NC2CCC(C(=O)O)C2)cs1. The standard InChI is InChI=1S/C12H17N3O3S/c13-4-3-10-15-9(6-19-10)11(16)14-8-2-1-7(5-8)12(17)18/h6-8H,1-5,13H2,(H,14,16)(H,17,18). The molecule has 1 amide bonds. The van der Waals surface area contributed by atoms with Gasteiger partial charge in [0.1, 0.15) is 5.69 Å². The average Bonchev–Trinajstić information content (AvgIpc) is 2.98. The molecule has 1 aromatic heterocycles. The fourth-order valence-corrected chi connectivity index (χ4v) is 3.04. The fourth-order valence-electron chi connectivity index (χ4n) is 2.25. The quantitative estimate of drug-likeness (QED) is 0.735. The number of nitrogens with one attached hydrogen (secondary N) is 1. The summed E-state index contributed by atoms with van der Waals surface area (Å²) in [7, 11) is 0. The summed E-state index contributed by atoms with van der Waals surface area (Å²) in [6, 6.07) is -0.0618. The van der Waals surface area contributed by atoms with Crippen molar-refractivity contribution in [2.24, 2.45) is 11.7 Å². The van der Waals surface area contributed by atoms with Crippen molar-refractivity contribution in [3.05, 3.63) is 16.1 Å². The molecule has 1 heterocycles. The van der Waals surface area contributed by atoms with Crippen LogP contribution in [-0.4, -0.2) is 34.6 Å². The smallest absolute Gasteiger partial charge is 0.306 e. The van der Waals surface area contributed by atoms with Gasteiger partial charge in [-0.05, 0) is 25.8 Å². The van der Waals surface area contributed by atoms with Crippen LogP contribution in [0.2, 0.25) is 0 Å². The zero-order valence-electron chi connectivity index (χ0n) is 10.5. The number of aromatic nitrogens is 1. The van der Waals surface area contributed by atoms with Gasteiger partial charge in [-0.25, -0.2) is 4.98 Å². The second-order valence-electron chi connectivity index (χ2n) is 4.68. The molecule has 2 atom stereocenters. The number of aliphatic carboxylic acids is 1. The van der Waals surface area contributed by atoms with Gasteiger partial charge in [0, 0.05) is 17.8 Å². The predicted molar refractivity (Wildman–Crippen MR) is 71.1 cm³/mol. The van der Waals surface area contributed by atoms with E-state index < -0.39 is 5.97 Å². The van der Waals surface area contributed by atoms with E-state index >= 15 is 0 Å². The minimum absolute atomic E-state index is 0.0618. The number of nitrogens with two attached hydrogens (primary N) is 1. The number of rotatable bonds is 5. The highest BCUT2D eigenvalue weighted by atomic mass is 32.1. The molecule has 0 saturated heterocycles. The summed E-state index contributed by atoms with van der Waals surface area (Å²) >= 11 is 1.42. The van der Waals surface area contributed by atoms with Gasteiger partial charge in [0.25, 0.3) is 5.91 Å². The predicted octanol–water partition coefficient (Wildman–Crippen LogP) is 0.627. The topological polar surface area (TPSA) is 105 Å². The molecule has 1 aliphatic rings. The number of nitrogens with zero attached hydrogens (tertiary/aromatic N) is 1. The Balaban J connectivity index is 1.88. The fraction of sp³-hybridized carbons (Fsp3) is 0.583. The summed E-state index contributed by atoms with van der Waals surface area (Å²) in [5.74, 6) is -1.35. The first kappa shape index (κ1) is 14.0. The van der Waals surface area contributed by atoms with Crippen LogP contribution in [0.25, 0.3) is 0 Å². The maximum absolute atomic E-state index is 11.9. The average molecular weight is 283 g/mol. The largest absolute Gasteiger partial charge is 0.481 e. The number of carboxylic acid groups (broad SMARTS) is 1. The number of carbonyl (C=O) groups is 2. The van der Waals surface area contributed by atoms with Gasteiger partial charge in [0.15, 0.2) is 0 Å². The molecule has 1 saturated carbocycles. The maximum Gasteiger partial charge on any atom is 0.306 e. The van der Waals surface area contributed by atoms with Gasteiger partial charge >= 0.3 is 5.97 Å². The van der Waals surface area contributed by atoms with Gasteiger partial charge in [0.05, 0.1) is 10.9 Å². The molecule has 4 N–H and O–H groups in total. The number of amides is 1. The second-order valence-corrected chi connectivity index (χ2v) is 5.63. The van der Waals surface area contributed by atoms with E-state index in [9.17, 15) is 9.59 Å². The van der Waals surface area contributed by atoms with Crippen molar-refractivity contribution in [1.29, 1.82) is 0 Å². The highest BCUT2D eigenvalue weighted by Crippen LogP contribution is 2.25. The van der Waals surface area contributed by atoms with Crippen LogP contribution in [-0.2, 0) is 11.2 Å². The summed E-state index contributed by atoms with van der Waals surface area (Å²) in [4.78, 5) is 27.0. The summed E-state index contributed by atoms with van der Waals surface area (Å²) in [5, 5.41) is 14.3. The van der Waals surface area contributed by atoms with E-state index in [1.165, 1.54) is 11.3 Å². The number of thiazole rings is 1. The monoisotopic (exact) mass is 283 g/mol. The molecule has 19 heavy (non-hydrogen) atoms. The third-order valence-corrected chi connectivity index (χ3v) is 4.17. The third-order valence-electron chi connectivity index (χ3n) is 3.26. The molecule has 0 bridgehead atoms. The van der Waals surface area contributed by atoms with Crippen LogP contribution in [0.15, 0.2) is 5.38 Å². The summed E-state index contributed by atoms with van der Waals surface area (Å²) in [6.45, 7) is 0.511. The van der Waals surface area contributed by atoms with Crippen molar-refractivity contribution in [3.8, 4) is 0 Å². The highest BCUT2D eigenvalue weighted by molar-refractivity contribution is 7.09. The summed E-state index contributed by atoms with van der Waals surface area (Å²) in [5.41, 5.74) is 5.83. The van der Waals surface area contributed by atoms with Gasteiger partial charge < -0.3 is 16.2 Å². The number of hydrogen-bond acceptors (Lipinski definition) is 5. The first-order chi connectivity index (χ1) is 9.10. The molecule has 0 aromatic carbocycles. The van der Waals surface area contributed by atoms with Crippen LogP contribution >= 0.6 is 11.3 Å². The Morgan fingerprint density at radius 2 is 2.32 bits per heavy atom. The highest BCUT2D eigenvalue weighted by Gasteiger charge is 2.30. The first-order valence-electron chi connectivity index (χ1n) is 6.28. The van der Waals surface area contributed by atoms with E-state index in [0.29, 0.717) is 37.9 Å². The third kappa shape index (κ3) is 3.51. The summed E-state index contributed by atoms with van der Waals surface area (Å²) < 4.78 is 0. The van der Waals surface area contributed by atoms with E-state index in [4.69, 9.17) is 10.8 Å². The van der Waals surface area contributed by atoms with Gasteiger partial charge in [0.2, 0.25) is 0 Å². The lowest BCUT2D eigenvalue weighted by atomic mass is 10.1. The van der Waals surface area contributed by atoms with E-state index in [0.717, 1.165) is 5.01 Å². The Morgan fingerprint density at radius 3 is 2.95 bits per heavy atom. The molecule has 2 unspecified atom stereocenters. The first-order valence-corrected chi connectivity index (χ1v) is 7.16. The minimum atomic E-state index is -0.782. The molecule has 0 radical (unpaired) electrons. The molecule has 2 rings (SSSR count). The van der Waals surface area contributed by atoms with Gasteiger partial charge in [-0.3, -0.25) is 9.59 Å². The zero-order valence-corrected chi connectivity index (χ0v) is 11.3. The van der Waals surface area contributed by atoms with Crippen LogP contribution < -0.4 is 11.1 Å². The Morgan fingerprint density at radius 1 is 1.53 bits per heavy atom. The van der Waals surface area contributed by atoms with E-state index in [1.54, 1.807) is 5.38 Å². The van der Waals surface area contributed by atoms with Crippen LogP contribution in [0.1, 0.15) is 34.8 Å². The van der Waals surface area contributed by atoms with Crippen molar-refractivity contribution in [1.82, 2.24) is 10.3 Å². The molecule has 0 aliphatic heterocycles. The lowest BCUT2D eigenvalue weighted by Gasteiger charge is -2.10. The number of carbonyl (C=O) groups excluding carboxylic acids is 1. The minimum Gasteiger partial charge on any atom is -0.481 e. The van der Waals surface area contributed by atoms with Crippen molar-refractivity contribution in [2.75, 3.05) is 6.54 Å². The molecule has 1 aliphatic carbocycles. The molecule has 104 valence electrons. The molecule has 1 aromatic rings. The van der Waals surface area contributed by atoms with Gasteiger partial charge in [-0.15, -0.1) is 11.3 Å². The Kier molecular flexibility index (Phi) is 4.49. The zero-order chi connectivity index (χ0) is 13.8. The van der Waals surface area contributed by atoms with E-state index in [-0.39, 0.29) is 17.9 Å². The van der Waals surface area contributed by atoms with Crippen molar-refractivity contribution < 1.29 is 14.7 Å². The lowest BCUT2D eigenvalue weighted by molar-refractivity contribution is -0.141. The van der Waals surface area contributed by atoms with Gasteiger partial charge in [-0.2, -0.15) is 0 Å². The summed E-state index contributed by atoms with van der Waals surface area (Å²) in [6.07, 6.45) is 2.50. The van der Waals surface area contributed by atoms with Crippen molar-refractivity contribution in [2.45, 2.75) is 31.7 Å². The van der Waals surface area contributed by atoms with Crippen LogP contribution in [0.5, 0.6) is 0 Å².